The molecule has 1 aliphatic rings. The molecule has 0 amide bonds. The van der Waals surface area contributed by atoms with Crippen molar-refractivity contribution in [2.24, 2.45) is 0 Å². The van der Waals surface area contributed by atoms with Crippen LogP contribution in [0.25, 0.3) is 0 Å². The summed E-state index contributed by atoms with van der Waals surface area (Å²) in [5.41, 5.74) is 0. The van der Waals surface area contributed by atoms with Crippen LogP contribution in [0, 0.1) is 0 Å². The fourth-order valence-electron chi connectivity index (χ4n) is 1.70. The molecule has 1 heterocycles. The molecule has 0 bridgehead atoms. The third-order valence-corrected chi connectivity index (χ3v) is 2.50. The number of ether oxygens (including phenoxy) is 3. The molecular weight excluding hydrogens is 224 g/mol. The van der Waals surface area contributed by atoms with Crippen molar-refractivity contribution in [2.45, 2.75) is 38.4 Å². The van der Waals surface area contributed by atoms with Gasteiger partial charge >= 0.3 is 11.9 Å². The van der Waals surface area contributed by atoms with Crippen molar-refractivity contribution >= 4 is 11.9 Å². The van der Waals surface area contributed by atoms with Crippen LogP contribution in [0.4, 0.5) is 0 Å². The zero-order chi connectivity index (χ0) is 12.7. The summed E-state index contributed by atoms with van der Waals surface area (Å²) in [5.74, 6) is -0.781. The number of rotatable bonds is 3. The van der Waals surface area contributed by atoms with Gasteiger partial charge < -0.3 is 14.2 Å². The van der Waals surface area contributed by atoms with Gasteiger partial charge in [-0.2, -0.15) is 0 Å². The normalized spacial score (nSPS) is 25.3. The summed E-state index contributed by atoms with van der Waals surface area (Å²) in [5, 5.41) is 0. The first kappa shape index (κ1) is 13.7. The predicted octanol–water partition coefficient (Wildman–Crippen LogP) is 1.22. The number of carbonyl (C=O) groups is 2. The molecule has 1 saturated heterocycles. The van der Waals surface area contributed by atoms with Gasteiger partial charge in [-0.25, -0.2) is 4.79 Å². The van der Waals surface area contributed by atoms with Crippen LogP contribution in [0.1, 0.15) is 26.2 Å². The van der Waals surface area contributed by atoms with Crippen molar-refractivity contribution in [3.63, 3.8) is 0 Å². The quantitative estimate of drug-likeness (QED) is 0.550. The summed E-state index contributed by atoms with van der Waals surface area (Å²) in [6.07, 6.45) is 4.81. The van der Waals surface area contributed by atoms with E-state index in [9.17, 15) is 9.59 Å². The molecule has 0 aromatic carbocycles. The average Bonchev–Trinajstić information content (AvgIpc) is 2.51. The summed E-state index contributed by atoms with van der Waals surface area (Å²) >= 11 is 0. The molecule has 0 radical (unpaired) electrons. The first-order chi connectivity index (χ1) is 8.13. The van der Waals surface area contributed by atoms with Crippen molar-refractivity contribution in [1.82, 2.24) is 0 Å². The zero-order valence-electron chi connectivity index (χ0n) is 10.2. The van der Waals surface area contributed by atoms with Gasteiger partial charge in [-0.1, -0.05) is 0 Å². The number of methoxy groups -OCH3 is 1. The van der Waals surface area contributed by atoms with Gasteiger partial charge in [0, 0.05) is 19.6 Å². The Morgan fingerprint density at radius 1 is 1.35 bits per heavy atom. The van der Waals surface area contributed by atoms with Crippen molar-refractivity contribution < 1.29 is 23.8 Å². The fourth-order valence-corrected chi connectivity index (χ4v) is 1.70. The van der Waals surface area contributed by atoms with Crippen LogP contribution in [0.15, 0.2) is 12.2 Å². The monoisotopic (exact) mass is 242 g/mol. The molecule has 0 aromatic rings. The average molecular weight is 242 g/mol. The summed E-state index contributed by atoms with van der Waals surface area (Å²) in [6, 6.07) is 0. The van der Waals surface area contributed by atoms with Crippen molar-refractivity contribution in [1.29, 1.82) is 0 Å². The lowest BCUT2D eigenvalue weighted by Crippen LogP contribution is -2.30. The minimum atomic E-state index is -0.445. The first-order valence-corrected chi connectivity index (χ1v) is 5.68. The topological polar surface area (TPSA) is 61.8 Å². The van der Waals surface area contributed by atoms with Crippen LogP contribution in [0.2, 0.25) is 0 Å². The Morgan fingerprint density at radius 3 is 2.76 bits per heavy atom. The maximum atomic E-state index is 11.0. The smallest absolute Gasteiger partial charge is 0.330 e. The van der Waals surface area contributed by atoms with E-state index in [1.807, 2.05) is 0 Å². The molecule has 17 heavy (non-hydrogen) atoms. The van der Waals surface area contributed by atoms with Gasteiger partial charge in [-0.15, -0.1) is 0 Å². The van der Waals surface area contributed by atoms with E-state index >= 15 is 0 Å². The van der Waals surface area contributed by atoms with E-state index in [-0.39, 0.29) is 18.2 Å². The molecule has 0 aliphatic carbocycles. The second-order valence-corrected chi connectivity index (χ2v) is 3.86. The van der Waals surface area contributed by atoms with E-state index < -0.39 is 5.97 Å². The summed E-state index contributed by atoms with van der Waals surface area (Å²) in [7, 11) is 1.31. The summed E-state index contributed by atoms with van der Waals surface area (Å²) in [4.78, 5) is 22.0. The van der Waals surface area contributed by atoms with Gasteiger partial charge in [0.1, 0.15) is 12.2 Å². The molecule has 0 saturated carbocycles. The Hall–Kier alpha value is -1.36. The number of hydrogen-bond donors (Lipinski definition) is 0. The number of esters is 2. The Labute approximate surface area is 101 Å². The maximum absolute atomic E-state index is 11.0. The van der Waals surface area contributed by atoms with Crippen LogP contribution >= 0.6 is 0 Å². The highest BCUT2D eigenvalue weighted by atomic mass is 16.6. The van der Waals surface area contributed by atoms with Crippen LogP contribution in [0.5, 0.6) is 0 Å². The minimum Gasteiger partial charge on any atom is -0.466 e. The molecule has 0 spiro atoms. The molecule has 1 fully saturated rings. The van der Waals surface area contributed by atoms with E-state index in [1.165, 1.54) is 20.1 Å². The standard InChI is InChI=1S/C12H18O5/c1-9(13)17-11-5-3-4-8-16-10(11)6-7-12(14)15-2/h6-7,10-11H,3-5,8H2,1-2H3/b7-6+/t10-,11+/m0/s1. The van der Waals surface area contributed by atoms with Crippen LogP contribution in [-0.2, 0) is 23.8 Å². The largest absolute Gasteiger partial charge is 0.466 e. The molecule has 5 heteroatoms. The van der Waals surface area contributed by atoms with E-state index in [2.05, 4.69) is 4.74 Å². The van der Waals surface area contributed by atoms with Gasteiger partial charge in [0.15, 0.2) is 0 Å². The van der Waals surface area contributed by atoms with E-state index in [0.717, 1.165) is 19.3 Å². The summed E-state index contributed by atoms with van der Waals surface area (Å²) in [6.45, 7) is 1.97. The highest BCUT2D eigenvalue weighted by molar-refractivity contribution is 5.81. The molecule has 2 atom stereocenters. The van der Waals surface area contributed by atoms with Gasteiger partial charge in [0.05, 0.1) is 7.11 Å². The van der Waals surface area contributed by atoms with Gasteiger partial charge in [0.2, 0.25) is 0 Å². The van der Waals surface area contributed by atoms with Gasteiger partial charge in [-0.3, -0.25) is 4.79 Å². The van der Waals surface area contributed by atoms with Crippen molar-refractivity contribution in [2.75, 3.05) is 13.7 Å². The molecular formula is C12H18O5. The molecule has 0 N–H and O–H groups in total. The van der Waals surface area contributed by atoms with Crippen molar-refractivity contribution in [3.05, 3.63) is 12.2 Å². The minimum absolute atomic E-state index is 0.323. The molecule has 0 unspecified atom stereocenters. The molecule has 1 rings (SSSR count). The number of hydrogen-bond acceptors (Lipinski definition) is 5. The molecule has 0 aromatic heterocycles. The Bertz CT molecular complexity index is 297. The molecule has 5 nitrogen and oxygen atoms in total. The van der Waals surface area contributed by atoms with Gasteiger partial charge in [-0.05, 0) is 25.3 Å². The second kappa shape index (κ2) is 7.06. The van der Waals surface area contributed by atoms with Crippen LogP contribution in [0.3, 0.4) is 0 Å². The second-order valence-electron chi connectivity index (χ2n) is 3.86. The maximum Gasteiger partial charge on any atom is 0.330 e. The van der Waals surface area contributed by atoms with E-state index in [0.29, 0.717) is 6.61 Å². The lowest BCUT2D eigenvalue weighted by atomic mass is 10.1. The predicted molar refractivity (Wildman–Crippen MR) is 60.3 cm³/mol. The fraction of sp³-hybridized carbons (Fsp3) is 0.667. The molecule has 1 aliphatic heterocycles. The lowest BCUT2D eigenvalue weighted by Gasteiger charge is -2.21. The Kier molecular flexibility index (Phi) is 5.69. The highest BCUT2D eigenvalue weighted by Gasteiger charge is 2.25. The Morgan fingerprint density at radius 2 is 2.12 bits per heavy atom. The van der Waals surface area contributed by atoms with Crippen LogP contribution < -0.4 is 0 Å². The lowest BCUT2D eigenvalue weighted by molar-refractivity contribution is -0.151. The van der Waals surface area contributed by atoms with Gasteiger partial charge in [0.25, 0.3) is 0 Å². The SMILES string of the molecule is COC(=O)/C=C/[C@@H]1OCCCC[C@H]1OC(C)=O. The number of carbonyl (C=O) groups excluding carboxylic acids is 2. The highest BCUT2D eigenvalue weighted by Crippen LogP contribution is 2.18. The first-order valence-electron chi connectivity index (χ1n) is 5.68. The Balaban J connectivity index is 2.64. The van der Waals surface area contributed by atoms with E-state index in [4.69, 9.17) is 9.47 Å². The third-order valence-electron chi connectivity index (χ3n) is 2.50. The van der Waals surface area contributed by atoms with Crippen molar-refractivity contribution in [3.8, 4) is 0 Å². The van der Waals surface area contributed by atoms with E-state index in [1.54, 1.807) is 6.08 Å². The van der Waals surface area contributed by atoms with Crippen LogP contribution in [-0.4, -0.2) is 37.9 Å². The third kappa shape index (κ3) is 4.99. The molecule has 96 valence electrons. The zero-order valence-corrected chi connectivity index (χ0v) is 10.2. The summed E-state index contributed by atoms with van der Waals surface area (Å²) < 4.78 is 15.2.